The Morgan fingerprint density at radius 1 is 0.893 bits per heavy atom. The van der Waals surface area contributed by atoms with Crippen LogP contribution in [0.3, 0.4) is 0 Å². The number of nitrogens with zero attached hydrogens (tertiary/aromatic N) is 2. The Kier molecular flexibility index (Phi) is 9.88. The van der Waals surface area contributed by atoms with Crippen LogP contribution in [0.1, 0.15) is 94.6 Å². The van der Waals surface area contributed by atoms with E-state index in [0.29, 0.717) is 0 Å². The van der Waals surface area contributed by atoms with E-state index in [1.165, 1.54) is 44.9 Å². The minimum absolute atomic E-state index is 0.0377. The first-order valence-electron chi connectivity index (χ1n) is 11.1. The van der Waals surface area contributed by atoms with Crippen molar-refractivity contribution < 1.29 is 4.79 Å². The highest BCUT2D eigenvalue weighted by molar-refractivity contribution is 6.03. The Morgan fingerprint density at radius 2 is 1.61 bits per heavy atom. The average molecular weight is 381 g/mol. The monoisotopic (exact) mass is 380 g/mol. The largest absolute Gasteiger partial charge is 0.294 e. The van der Waals surface area contributed by atoms with E-state index in [9.17, 15) is 4.79 Å². The number of ketones is 1. The number of carbonyl (C=O) groups excluding carboxylic acids is 1. The predicted molar refractivity (Wildman–Crippen MR) is 118 cm³/mol. The second kappa shape index (κ2) is 12.4. The molecule has 28 heavy (non-hydrogen) atoms. The molecule has 0 spiro atoms. The zero-order valence-electron chi connectivity index (χ0n) is 17.9. The number of Topliss-reactive ketones (excluding diaryl/α,β-unsaturated/α-hetero) is 1. The zero-order valence-corrected chi connectivity index (χ0v) is 17.9. The van der Waals surface area contributed by atoms with Gasteiger partial charge in [0.1, 0.15) is 0 Å². The van der Waals surface area contributed by atoms with Crippen LogP contribution in [0, 0.1) is 5.92 Å². The number of hydrogen-bond acceptors (Lipinski definition) is 3. The predicted octanol–water partition coefficient (Wildman–Crippen LogP) is 7.06. The second-order valence-electron chi connectivity index (χ2n) is 7.86. The third-order valence-electron chi connectivity index (χ3n) is 5.38. The van der Waals surface area contributed by atoms with Gasteiger partial charge in [0.15, 0.2) is 5.78 Å². The van der Waals surface area contributed by atoms with Crippen molar-refractivity contribution in [2.45, 2.75) is 85.0 Å². The van der Waals surface area contributed by atoms with E-state index in [-0.39, 0.29) is 11.7 Å². The lowest BCUT2D eigenvalue weighted by atomic mass is 9.91. The molecule has 0 radical (unpaired) electrons. The molecule has 152 valence electrons. The van der Waals surface area contributed by atoms with Gasteiger partial charge in [0.2, 0.25) is 0 Å². The maximum Gasteiger partial charge on any atom is 0.166 e. The fraction of sp³-hybridized carbons (Fsp3) is 0.560. The lowest BCUT2D eigenvalue weighted by Gasteiger charge is -2.13. The van der Waals surface area contributed by atoms with Crippen LogP contribution < -0.4 is 0 Å². The molecule has 0 aliphatic rings. The third kappa shape index (κ3) is 6.85. The molecule has 0 amide bonds. The summed E-state index contributed by atoms with van der Waals surface area (Å²) in [5, 5.41) is 0. The van der Waals surface area contributed by atoms with Crippen LogP contribution in [0.5, 0.6) is 0 Å². The van der Waals surface area contributed by atoms with Crippen LogP contribution in [0.2, 0.25) is 0 Å². The maximum atomic E-state index is 12.8. The molecule has 0 aliphatic heterocycles. The molecule has 1 heterocycles. The van der Waals surface area contributed by atoms with Gasteiger partial charge in [-0.2, -0.15) is 0 Å². The van der Waals surface area contributed by atoms with Crippen molar-refractivity contribution in [1.29, 1.82) is 0 Å². The molecule has 2 rings (SSSR count). The summed E-state index contributed by atoms with van der Waals surface area (Å²) >= 11 is 0. The summed E-state index contributed by atoms with van der Waals surface area (Å²) < 4.78 is 0. The van der Waals surface area contributed by atoms with Gasteiger partial charge in [-0.05, 0) is 19.3 Å². The molecule has 1 unspecified atom stereocenters. The fourth-order valence-corrected chi connectivity index (χ4v) is 3.64. The van der Waals surface area contributed by atoms with Crippen molar-refractivity contribution in [1.82, 2.24) is 9.97 Å². The number of benzene rings is 1. The number of unbranched alkanes of at least 4 members (excludes halogenated alkanes) is 6. The van der Waals surface area contributed by atoms with Gasteiger partial charge in [-0.15, -0.1) is 0 Å². The van der Waals surface area contributed by atoms with Crippen molar-refractivity contribution in [3.8, 4) is 11.3 Å². The summed E-state index contributed by atoms with van der Waals surface area (Å²) in [6, 6.07) is 7.78. The highest BCUT2D eigenvalue weighted by atomic mass is 16.1. The Labute approximate surface area is 171 Å². The smallest absolute Gasteiger partial charge is 0.166 e. The summed E-state index contributed by atoms with van der Waals surface area (Å²) in [5.41, 5.74) is 3.49. The number of rotatable bonds is 13. The molecule has 0 N–H and O–H groups in total. The Hall–Kier alpha value is -2.03. The van der Waals surface area contributed by atoms with Gasteiger partial charge in [0.05, 0.1) is 17.6 Å². The molecule has 0 bridgehead atoms. The van der Waals surface area contributed by atoms with E-state index >= 15 is 0 Å². The number of aromatic nitrogens is 2. The molecule has 0 saturated heterocycles. The SMILES string of the molecule is CCCCCCCCCc1cnc(-c2ccccc2C(=O)C(C)CCC)cn1. The van der Waals surface area contributed by atoms with Crippen LogP contribution in [-0.2, 0) is 6.42 Å². The molecular formula is C25H36N2O. The van der Waals surface area contributed by atoms with Crippen LogP contribution in [0.4, 0.5) is 0 Å². The van der Waals surface area contributed by atoms with Crippen molar-refractivity contribution in [2.75, 3.05) is 0 Å². The topological polar surface area (TPSA) is 42.9 Å². The van der Waals surface area contributed by atoms with E-state index in [1.807, 2.05) is 43.6 Å². The Balaban J connectivity index is 1.95. The molecular weight excluding hydrogens is 344 g/mol. The number of carbonyl (C=O) groups is 1. The van der Waals surface area contributed by atoms with E-state index in [2.05, 4.69) is 23.8 Å². The first-order chi connectivity index (χ1) is 13.7. The van der Waals surface area contributed by atoms with Crippen LogP contribution >= 0.6 is 0 Å². The van der Waals surface area contributed by atoms with Gasteiger partial charge in [-0.3, -0.25) is 14.8 Å². The van der Waals surface area contributed by atoms with Crippen LogP contribution in [-0.4, -0.2) is 15.8 Å². The van der Waals surface area contributed by atoms with Crippen LogP contribution in [0.25, 0.3) is 11.3 Å². The van der Waals surface area contributed by atoms with E-state index < -0.39 is 0 Å². The number of aryl methyl sites for hydroxylation is 1. The minimum atomic E-state index is 0.0377. The molecule has 1 atom stereocenters. The molecule has 1 aromatic heterocycles. The molecule has 0 aliphatic carbocycles. The summed E-state index contributed by atoms with van der Waals surface area (Å²) in [6.07, 6.45) is 15.7. The van der Waals surface area contributed by atoms with E-state index in [0.717, 1.165) is 41.8 Å². The number of hydrogen-bond donors (Lipinski definition) is 0. The first kappa shape index (κ1) is 22.3. The lowest BCUT2D eigenvalue weighted by Crippen LogP contribution is -2.12. The van der Waals surface area contributed by atoms with E-state index in [1.54, 1.807) is 0 Å². The molecule has 3 heteroatoms. The maximum absolute atomic E-state index is 12.8. The second-order valence-corrected chi connectivity index (χ2v) is 7.86. The van der Waals surface area contributed by atoms with Gasteiger partial charge < -0.3 is 0 Å². The van der Waals surface area contributed by atoms with Crippen LogP contribution in [0.15, 0.2) is 36.7 Å². The van der Waals surface area contributed by atoms with Gasteiger partial charge in [-0.1, -0.05) is 90.0 Å². The Morgan fingerprint density at radius 3 is 2.29 bits per heavy atom. The average Bonchev–Trinajstić information content (AvgIpc) is 2.73. The van der Waals surface area contributed by atoms with Crippen molar-refractivity contribution in [3.05, 3.63) is 47.9 Å². The van der Waals surface area contributed by atoms with Gasteiger partial charge in [-0.25, -0.2) is 0 Å². The molecule has 0 saturated carbocycles. The lowest BCUT2D eigenvalue weighted by molar-refractivity contribution is 0.0924. The van der Waals surface area contributed by atoms with Gasteiger partial charge >= 0.3 is 0 Å². The molecule has 3 nitrogen and oxygen atoms in total. The highest BCUT2D eigenvalue weighted by Gasteiger charge is 2.18. The molecule has 2 aromatic rings. The fourth-order valence-electron chi connectivity index (χ4n) is 3.64. The first-order valence-corrected chi connectivity index (χ1v) is 11.1. The normalized spacial score (nSPS) is 12.1. The van der Waals surface area contributed by atoms with Gasteiger partial charge in [0, 0.05) is 23.2 Å². The van der Waals surface area contributed by atoms with E-state index in [4.69, 9.17) is 0 Å². The summed E-state index contributed by atoms with van der Waals surface area (Å²) in [7, 11) is 0. The minimum Gasteiger partial charge on any atom is -0.294 e. The third-order valence-corrected chi connectivity index (χ3v) is 5.38. The van der Waals surface area contributed by atoms with Crippen molar-refractivity contribution in [2.24, 2.45) is 5.92 Å². The highest BCUT2D eigenvalue weighted by Crippen LogP contribution is 2.25. The summed E-state index contributed by atoms with van der Waals surface area (Å²) in [4.78, 5) is 22.0. The Bertz CT molecular complexity index is 709. The zero-order chi connectivity index (χ0) is 20.2. The summed E-state index contributed by atoms with van der Waals surface area (Å²) in [6.45, 7) is 6.38. The molecule has 0 fully saturated rings. The standard InChI is InChI=1S/C25H36N2O/c1-4-6-7-8-9-10-11-15-21-18-27-24(19-26-21)22-16-12-13-17-23(22)25(28)20(3)14-5-2/h12-13,16-20H,4-11,14-15H2,1-3H3. The summed E-state index contributed by atoms with van der Waals surface area (Å²) in [5.74, 6) is 0.238. The quantitative estimate of drug-likeness (QED) is 0.276. The van der Waals surface area contributed by atoms with Crippen molar-refractivity contribution >= 4 is 5.78 Å². The van der Waals surface area contributed by atoms with Gasteiger partial charge in [0.25, 0.3) is 0 Å². The molecule has 1 aromatic carbocycles. The van der Waals surface area contributed by atoms with Crippen molar-refractivity contribution in [3.63, 3.8) is 0 Å².